The van der Waals surface area contributed by atoms with Gasteiger partial charge in [-0.25, -0.2) is 0 Å². The van der Waals surface area contributed by atoms with E-state index < -0.39 is 0 Å². The summed E-state index contributed by atoms with van der Waals surface area (Å²) in [6.45, 7) is 6.93. The van der Waals surface area contributed by atoms with E-state index in [1.165, 1.54) is 12.8 Å². The van der Waals surface area contributed by atoms with E-state index in [1.54, 1.807) is 5.57 Å². The SMILES string of the molecule is CC1=CCCC(C)C1C. The van der Waals surface area contributed by atoms with Gasteiger partial charge >= 0.3 is 0 Å². The molecule has 1 rings (SSSR count). The van der Waals surface area contributed by atoms with Crippen LogP contribution in [0.4, 0.5) is 0 Å². The number of rotatable bonds is 0. The molecule has 0 amide bonds. The smallest absolute Gasteiger partial charge is 0.0209 e. The van der Waals surface area contributed by atoms with Gasteiger partial charge in [-0.15, -0.1) is 0 Å². The van der Waals surface area contributed by atoms with Crippen molar-refractivity contribution in [2.24, 2.45) is 11.8 Å². The molecule has 0 aliphatic heterocycles. The van der Waals surface area contributed by atoms with Crippen molar-refractivity contribution in [3.05, 3.63) is 11.6 Å². The van der Waals surface area contributed by atoms with E-state index >= 15 is 0 Å². The van der Waals surface area contributed by atoms with Gasteiger partial charge in [0.25, 0.3) is 0 Å². The van der Waals surface area contributed by atoms with Gasteiger partial charge in [-0.05, 0) is 31.6 Å². The lowest BCUT2D eigenvalue weighted by Gasteiger charge is -2.24. The quantitative estimate of drug-likeness (QED) is 0.435. The third kappa shape index (κ3) is 1.35. The van der Waals surface area contributed by atoms with E-state index in [2.05, 4.69) is 26.8 Å². The minimum absolute atomic E-state index is 0.832. The van der Waals surface area contributed by atoms with Crippen LogP contribution in [0.2, 0.25) is 0 Å². The van der Waals surface area contributed by atoms with Gasteiger partial charge in [0.05, 0.1) is 0 Å². The molecule has 0 bridgehead atoms. The number of hydrogen-bond acceptors (Lipinski definition) is 0. The Hall–Kier alpha value is -0.260. The molecule has 0 saturated carbocycles. The van der Waals surface area contributed by atoms with Gasteiger partial charge in [0.1, 0.15) is 0 Å². The Balaban J connectivity index is 2.62. The van der Waals surface area contributed by atoms with E-state index in [-0.39, 0.29) is 0 Å². The van der Waals surface area contributed by atoms with Crippen molar-refractivity contribution in [2.45, 2.75) is 33.6 Å². The number of hydrogen-bond donors (Lipinski definition) is 0. The first-order valence-corrected chi connectivity index (χ1v) is 3.88. The molecule has 0 aromatic heterocycles. The highest BCUT2D eigenvalue weighted by molar-refractivity contribution is 5.06. The lowest BCUT2D eigenvalue weighted by atomic mass is 9.82. The average Bonchev–Trinajstić information content (AvgIpc) is 1.83. The Bertz CT molecular complexity index is 122. The second kappa shape index (κ2) is 2.55. The molecule has 2 atom stereocenters. The van der Waals surface area contributed by atoms with Crippen LogP contribution in [0, 0.1) is 11.8 Å². The van der Waals surface area contributed by atoms with Crippen molar-refractivity contribution < 1.29 is 0 Å². The maximum atomic E-state index is 2.38. The summed E-state index contributed by atoms with van der Waals surface area (Å²) >= 11 is 0. The first-order chi connectivity index (χ1) is 4.22. The highest BCUT2D eigenvalue weighted by Gasteiger charge is 2.16. The van der Waals surface area contributed by atoms with Gasteiger partial charge in [0.2, 0.25) is 0 Å². The van der Waals surface area contributed by atoms with Crippen molar-refractivity contribution in [3.63, 3.8) is 0 Å². The van der Waals surface area contributed by atoms with E-state index in [1.807, 2.05) is 0 Å². The van der Waals surface area contributed by atoms with Crippen LogP contribution in [0.1, 0.15) is 33.6 Å². The summed E-state index contributed by atoms with van der Waals surface area (Å²) in [5, 5.41) is 0. The molecule has 0 spiro atoms. The third-order valence-electron chi connectivity index (χ3n) is 2.66. The molecule has 2 unspecified atom stereocenters. The Morgan fingerprint density at radius 2 is 2.11 bits per heavy atom. The molecule has 9 heavy (non-hydrogen) atoms. The fourth-order valence-corrected chi connectivity index (χ4v) is 1.46. The Kier molecular flexibility index (Phi) is 1.94. The zero-order chi connectivity index (χ0) is 6.85. The minimum atomic E-state index is 0.832. The van der Waals surface area contributed by atoms with Crippen LogP contribution >= 0.6 is 0 Å². The molecule has 0 saturated heterocycles. The summed E-state index contributed by atoms with van der Waals surface area (Å²) in [5.41, 5.74) is 1.59. The van der Waals surface area contributed by atoms with Crippen LogP contribution in [-0.4, -0.2) is 0 Å². The molecular formula is C9H16. The molecule has 0 heterocycles. The highest BCUT2D eigenvalue weighted by Crippen LogP contribution is 2.28. The summed E-state index contributed by atoms with van der Waals surface area (Å²) in [6.07, 6.45) is 5.07. The predicted octanol–water partition coefficient (Wildman–Crippen LogP) is 3.00. The minimum Gasteiger partial charge on any atom is -0.0853 e. The molecular weight excluding hydrogens is 108 g/mol. The fraction of sp³-hybridized carbons (Fsp3) is 0.778. The van der Waals surface area contributed by atoms with E-state index in [0.29, 0.717) is 0 Å². The van der Waals surface area contributed by atoms with Crippen LogP contribution in [0.25, 0.3) is 0 Å². The van der Waals surface area contributed by atoms with E-state index in [9.17, 15) is 0 Å². The molecule has 0 heteroatoms. The Morgan fingerprint density at radius 1 is 1.44 bits per heavy atom. The molecule has 0 fully saturated rings. The summed E-state index contributed by atoms with van der Waals surface area (Å²) in [4.78, 5) is 0. The molecule has 52 valence electrons. The predicted molar refractivity (Wildman–Crippen MR) is 41.3 cm³/mol. The third-order valence-corrected chi connectivity index (χ3v) is 2.66. The summed E-state index contributed by atoms with van der Waals surface area (Å²) in [7, 11) is 0. The molecule has 0 nitrogen and oxygen atoms in total. The largest absolute Gasteiger partial charge is 0.0853 e. The zero-order valence-corrected chi connectivity index (χ0v) is 6.65. The van der Waals surface area contributed by atoms with Gasteiger partial charge in [-0.2, -0.15) is 0 Å². The van der Waals surface area contributed by atoms with Gasteiger partial charge in [-0.3, -0.25) is 0 Å². The van der Waals surface area contributed by atoms with E-state index in [0.717, 1.165) is 11.8 Å². The van der Waals surface area contributed by atoms with Crippen molar-refractivity contribution in [1.82, 2.24) is 0 Å². The number of allylic oxidation sites excluding steroid dienone is 2. The second-order valence-corrected chi connectivity index (χ2v) is 3.29. The van der Waals surface area contributed by atoms with Gasteiger partial charge in [0.15, 0.2) is 0 Å². The second-order valence-electron chi connectivity index (χ2n) is 3.29. The summed E-state index contributed by atoms with van der Waals surface area (Å²) in [6, 6.07) is 0. The van der Waals surface area contributed by atoms with Crippen LogP contribution in [0.5, 0.6) is 0 Å². The molecule has 0 radical (unpaired) electrons. The maximum Gasteiger partial charge on any atom is -0.0209 e. The fourth-order valence-electron chi connectivity index (χ4n) is 1.46. The monoisotopic (exact) mass is 124 g/mol. The van der Waals surface area contributed by atoms with Gasteiger partial charge < -0.3 is 0 Å². The van der Waals surface area contributed by atoms with Crippen LogP contribution in [0.15, 0.2) is 11.6 Å². The molecule has 0 N–H and O–H groups in total. The van der Waals surface area contributed by atoms with Crippen molar-refractivity contribution >= 4 is 0 Å². The van der Waals surface area contributed by atoms with Crippen molar-refractivity contribution in [1.29, 1.82) is 0 Å². The van der Waals surface area contributed by atoms with Crippen molar-refractivity contribution in [3.8, 4) is 0 Å². The lowest BCUT2D eigenvalue weighted by molar-refractivity contribution is 0.393. The molecule has 1 aliphatic rings. The standard InChI is InChI=1S/C9H16/c1-7-5-4-6-8(2)9(7)3/h5,8-9H,4,6H2,1-3H3. The topological polar surface area (TPSA) is 0 Å². The Labute approximate surface area is 58.0 Å². The zero-order valence-electron chi connectivity index (χ0n) is 6.65. The maximum absolute atomic E-state index is 2.38. The summed E-state index contributed by atoms with van der Waals surface area (Å²) < 4.78 is 0. The molecule has 0 aromatic rings. The molecule has 1 aliphatic carbocycles. The van der Waals surface area contributed by atoms with Gasteiger partial charge in [-0.1, -0.05) is 25.5 Å². The normalized spacial score (nSPS) is 36.1. The first kappa shape index (κ1) is 6.85. The van der Waals surface area contributed by atoms with E-state index in [4.69, 9.17) is 0 Å². The molecule has 0 aromatic carbocycles. The average molecular weight is 124 g/mol. The summed E-state index contributed by atoms with van der Waals surface area (Å²) in [5.74, 6) is 1.74. The van der Waals surface area contributed by atoms with Crippen LogP contribution in [-0.2, 0) is 0 Å². The van der Waals surface area contributed by atoms with Crippen molar-refractivity contribution in [2.75, 3.05) is 0 Å². The first-order valence-electron chi connectivity index (χ1n) is 3.88. The Morgan fingerprint density at radius 3 is 2.56 bits per heavy atom. The van der Waals surface area contributed by atoms with Crippen LogP contribution < -0.4 is 0 Å². The lowest BCUT2D eigenvalue weighted by Crippen LogP contribution is -2.12. The van der Waals surface area contributed by atoms with Crippen LogP contribution in [0.3, 0.4) is 0 Å². The highest BCUT2D eigenvalue weighted by atomic mass is 14.2. The van der Waals surface area contributed by atoms with Gasteiger partial charge in [0, 0.05) is 0 Å².